The predicted octanol–water partition coefficient (Wildman–Crippen LogP) is 1.33. The number of hydrogen-bond donors (Lipinski definition) is 2. The van der Waals surface area contributed by atoms with Gasteiger partial charge in [0.2, 0.25) is 0 Å². The van der Waals surface area contributed by atoms with Crippen LogP contribution in [0.3, 0.4) is 0 Å². The predicted molar refractivity (Wildman–Crippen MR) is 74.8 cm³/mol. The molecule has 0 bridgehead atoms. The normalized spacial score (nSPS) is 26.5. The maximum atomic E-state index is 12.5. The quantitative estimate of drug-likeness (QED) is 0.880. The Kier molecular flexibility index (Phi) is 4.68. The molecular weight excluding hydrogens is 294 g/mol. The zero-order chi connectivity index (χ0) is 15.5. The third-order valence-corrected chi connectivity index (χ3v) is 4.29. The van der Waals surface area contributed by atoms with Crippen molar-refractivity contribution in [2.24, 2.45) is 0 Å². The fourth-order valence-electron chi connectivity index (χ4n) is 3.10. The number of piperidine rings is 1. The maximum absolute atomic E-state index is 12.5. The second kappa shape index (κ2) is 6.70. The van der Waals surface area contributed by atoms with Crippen LogP contribution in [-0.2, 0) is 4.74 Å². The fourth-order valence-corrected chi connectivity index (χ4v) is 3.10. The number of H-pyrrole nitrogens is 1. The van der Waals surface area contributed by atoms with Crippen LogP contribution < -0.4 is 5.32 Å². The molecule has 6 nitrogen and oxygen atoms in total. The van der Waals surface area contributed by atoms with E-state index in [1.165, 1.54) is 6.42 Å². The van der Waals surface area contributed by atoms with Gasteiger partial charge in [-0.15, -0.1) is 0 Å². The molecule has 2 atom stereocenters. The second-order valence-corrected chi connectivity index (χ2v) is 5.79. The van der Waals surface area contributed by atoms with Crippen molar-refractivity contribution in [2.75, 3.05) is 26.3 Å². The van der Waals surface area contributed by atoms with Gasteiger partial charge in [-0.2, -0.15) is 5.10 Å². The van der Waals surface area contributed by atoms with E-state index in [9.17, 15) is 13.6 Å². The molecule has 0 saturated carbocycles. The van der Waals surface area contributed by atoms with Gasteiger partial charge in [-0.3, -0.25) is 14.8 Å². The highest BCUT2D eigenvalue weighted by Crippen LogP contribution is 2.20. The van der Waals surface area contributed by atoms with Crippen molar-refractivity contribution >= 4 is 5.91 Å². The minimum absolute atomic E-state index is 0.0143. The van der Waals surface area contributed by atoms with E-state index in [2.05, 4.69) is 20.4 Å². The molecule has 2 aliphatic rings. The first-order valence-electron chi connectivity index (χ1n) is 7.61. The number of amides is 1. The zero-order valence-electron chi connectivity index (χ0n) is 12.2. The molecule has 2 fully saturated rings. The van der Waals surface area contributed by atoms with Crippen LogP contribution in [0.15, 0.2) is 6.07 Å². The molecule has 0 aliphatic carbocycles. The molecule has 3 heterocycles. The Hall–Kier alpha value is -1.54. The molecule has 1 aromatic heterocycles. The van der Waals surface area contributed by atoms with Crippen molar-refractivity contribution < 1.29 is 18.3 Å². The fraction of sp³-hybridized carbons (Fsp3) is 0.714. The van der Waals surface area contributed by atoms with Crippen molar-refractivity contribution in [1.82, 2.24) is 20.4 Å². The lowest BCUT2D eigenvalue weighted by Crippen LogP contribution is -2.52. The Bertz CT molecular complexity index is 517. The van der Waals surface area contributed by atoms with E-state index in [4.69, 9.17) is 4.74 Å². The molecule has 0 spiro atoms. The smallest absolute Gasteiger partial charge is 0.279 e. The van der Waals surface area contributed by atoms with Crippen LogP contribution in [-0.4, -0.2) is 59.4 Å². The summed E-state index contributed by atoms with van der Waals surface area (Å²) < 4.78 is 30.5. The number of ether oxygens (including phenoxy) is 1. The number of alkyl halides is 2. The van der Waals surface area contributed by atoms with E-state index in [1.807, 2.05) is 0 Å². The minimum Gasteiger partial charge on any atom is -0.378 e. The highest BCUT2D eigenvalue weighted by atomic mass is 19.3. The number of aromatic amines is 1. The third-order valence-electron chi connectivity index (χ3n) is 4.29. The lowest BCUT2D eigenvalue weighted by molar-refractivity contribution is 0.0895. The van der Waals surface area contributed by atoms with Crippen LogP contribution >= 0.6 is 0 Å². The van der Waals surface area contributed by atoms with Gasteiger partial charge in [-0.25, -0.2) is 8.78 Å². The highest BCUT2D eigenvalue weighted by Gasteiger charge is 2.35. The van der Waals surface area contributed by atoms with Gasteiger partial charge in [0.1, 0.15) is 11.4 Å². The van der Waals surface area contributed by atoms with E-state index in [0.29, 0.717) is 13.2 Å². The van der Waals surface area contributed by atoms with E-state index >= 15 is 0 Å². The molecule has 2 saturated heterocycles. The third kappa shape index (κ3) is 3.27. The Morgan fingerprint density at radius 1 is 1.36 bits per heavy atom. The van der Waals surface area contributed by atoms with Gasteiger partial charge in [0.25, 0.3) is 12.3 Å². The van der Waals surface area contributed by atoms with Gasteiger partial charge < -0.3 is 10.1 Å². The van der Waals surface area contributed by atoms with Crippen LogP contribution in [0.25, 0.3) is 0 Å². The Labute approximate surface area is 127 Å². The van der Waals surface area contributed by atoms with E-state index in [-0.39, 0.29) is 23.5 Å². The van der Waals surface area contributed by atoms with E-state index in [0.717, 1.165) is 32.0 Å². The lowest BCUT2D eigenvalue weighted by atomic mass is 10.0. The summed E-state index contributed by atoms with van der Waals surface area (Å²) in [7, 11) is 0. The first kappa shape index (κ1) is 15.4. The number of aromatic nitrogens is 2. The summed E-state index contributed by atoms with van der Waals surface area (Å²) >= 11 is 0. The largest absolute Gasteiger partial charge is 0.378 e. The van der Waals surface area contributed by atoms with Gasteiger partial charge in [0.15, 0.2) is 0 Å². The summed E-state index contributed by atoms with van der Waals surface area (Å²) in [6.07, 6.45) is 0.901. The number of nitrogens with one attached hydrogen (secondary N) is 2. The van der Waals surface area contributed by atoms with Crippen molar-refractivity contribution in [3.8, 4) is 0 Å². The first-order valence-corrected chi connectivity index (χ1v) is 7.61. The van der Waals surface area contributed by atoms with E-state index in [1.54, 1.807) is 0 Å². The topological polar surface area (TPSA) is 70.2 Å². The number of likely N-dealkylation sites (tertiary alicyclic amines) is 1. The first-order chi connectivity index (χ1) is 10.6. The molecule has 0 radical (unpaired) electrons. The summed E-state index contributed by atoms with van der Waals surface area (Å²) in [5.41, 5.74) is -0.361. The molecule has 0 aromatic carbocycles. The number of rotatable bonds is 4. The summed E-state index contributed by atoms with van der Waals surface area (Å²) in [4.78, 5) is 14.5. The van der Waals surface area contributed by atoms with Gasteiger partial charge in [-0.05, 0) is 32.0 Å². The standard InChI is InChI=1S/C14H20F2N4O2/c15-13(16)9-6-10(19-18-9)14(21)17-11-7-22-8-12(11)20-4-2-1-3-5-20/h6,11-13H,1-5,7-8H2,(H,17,21)(H,18,19)/t11-,12-/m0/s1. The molecule has 22 heavy (non-hydrogen) atoms. The molecule has 2 aliphatic heterocycles. The summed E-state index contributed by atoms with van der Waals surface area (Å²) in [6.45, 7) is 3.06. The maximum Gasteiger partial charge on any atom is 0.279 e. The van der Waals surface area contributed by atoms with Crippen molar-refractivity contribution in [1.29, 1.82) is 0 Å². The van der Waals surface area contributed by atoms with E-state index < -0.39 is 12.3 Å². The monoisotopic (exact) mass is 314 g/mol. The highest BCUT2D eigenvalue weighted by molar-refractivity contribution is 5.92. The summed E-state index contributed by atoms with van der Waals surface area (Å²) in [5, 5.41) is 8.69. The van der Waals surface area contributed by atoms with Crippen LogP contribution in [0, 0.1) is 0 Å². The van der Waals surface area contributed by atoms with Gasteiger partial charge >= 0.3 is 0 Å². The zero-order valence-corrected chi connectivity index (χ0v) is 12.2. The van der Waals surface area contributed by atoms with Gasteiger partial charge in [-0.1, -0.05) is 6.42 Å². The Morgan fingerprint density at radius 2 is 2.14 bits per heavy atom. The SMILES string of the molecule is O=C(N[C@H]1COC[C@@H]1N1CCCCC1)c1cc(C(F)F)[nH]n1. The summed E-state index contributed by atoms with van der Waals surface area (Å²) in [6, 6.07) is 1.11. The van der Waals surface area contributed by atoms with Crippen LogP contribution in [0.1, 0.15) is 41.9 Å². The van der Waals surface area contributed by atoms with Crippen molar-refractivity contribution in [3.05, 3.63) is 17.5 Å². The van der Waals surface area contributed by atoms with Gasteiger partial charge in [0.05, 0.1) is 25.3 Å². The average molecular weight is 314 g/mol. The van der Waals surface area contributed by atoms with Crippen LogP contribution in [0.4, 0.5) is 8.78 Å². The molecule has 0 unspecified atom stereocenters. The number of carbonyl (C=O) groups excluding carboxylic acids is 1. The number of nitrogens with zero attached hydrogens (tertiary/aromatic N) is 2. The minimum atomic E-state index is -2.66. The number of halogens is 2. The van der Waals surface area contributed by atoms with Crippen molar-refractivity contribution in [3.63, 3.8) is 0 Å². The molecule has 3 rings (SSSR count). The van der Waals surface area contributed by atoms with Gasteiger partial charge in [0, 0.05) is 0 Å². The van der Waals surface area contributed by atoms with Crippen molar-refractivity contribution in [2.45, 2.75) is 37.8 Å². The molecule has 2 N–H and O–H groups in total. The molecular formula is C14H20F2N4O2. The molecule has 122 valence electrons. The summed E-state index contributed by atoms with van der Waals surface area (Å²) in [5.74, 6) is -0.444. The molecule has 1 aromatic rings. The number of carbonyl (C=O) groups is 1. The average Bonchev–Trinajstić information content (AvgIpc) is 3.17. The lowest BCUT2D eigenvalue weighted by Gasteiger charge is -2.34. The van der Waals surface area contributed by atoms with Crippen LogP contribution in [0.2, 0.25) is 0 Å². The van der Waals surface area contributed by atoms with Crippen LogP contribution in [0.5, 0.6) is 0 Å². The molecule has 1 amide bonds. The Balaban J connectivity index is 1.61. The second-order valence-electron chi connectivity index (χ2n) is 5.79. The Morgan fingerprint density at radius 3 is 2.82 bits per heavy atom. The molecule has 8 heteroatoms. The number of hydrogen-bond acceptors (Lipinski definition) is 4.